The first kappa shape index (κ1) is 15.3. The number of piperidine rings is 1. The van der Waals surface area contributed by atoms with Crippen LogP contribution in [0.5, 0.6) is 0 Å². The van der Waals surface area contributed by atoms with Crippen LogP contribution in [0, 0.1) is 5.92 Å². The number of carboxylic acid groups (broad SMARTS) is 1. The Morgan fingerprint density at radius 1 is 1.32 bits per heavy atom. The van der Waals surface area contributed by atoms with Crippen LogP contribution < -0.4 is 5.73 Å². The molecule has 1 aliphatic rings. The van der Waals surface area contributed by atoms with Gasteiger partial charge >= 0.3 is 12.1 Å². The lowest BCUT2D eigenvalue weighted by molar-refractivity contribution is -0.145. The van der Waals surface area contributed by atoms with Crippen molar-refractivity contribution in [3.63, 3.8) is 0 Å². The number of nitrogens with two attached hydrogens (primary N) is 1. The molecule has 19 heavy (non-hydrogen) atoms. The number of ether oxygens (including phenoxy) is 1. The smallest absolute Gasteiger partial charge is 0.410 e. The van der Waals surface area contributed by atoms with Gasteiger partial charge in [0.15, 0.2) is 0 Å². The highest BCUT2D eigenvalue weighted by molar-refractivity contribution is 5.85. The van der Waals surface area contributed by atoms with Gasteiger partial charge in [-0.15, -0.1) is 0 Å². The van der Waals surface area contributed by atoms with Crippen LogP contribution in [0.1, 0.15) is 33.6 Å². The van der Waals surface area contributed by atoms with Crippen molar-refractivity contribution in [3.8, 4) is 0 Å². The molecule has 0 unspecified atom stereocenters. The van der Waals surface area contributed by atoms with E-state index in [9.17, 15) is 14.4 Å². The van der Waals surface area contributed by atoms with E-state index in [-0.39, 0.29) is 13.0 Å². The number of nitrogens with zero attached hydrogens (tertiary/aromatic N) is 1. The Morgan fingerprint density at radius 3 is 2.32 bits per heavy atom. The maximum absolute atomic E-state index is 12.0. The summed E-state index contributed by atoms with van der Waals surface area (Å²) in [6, 6.07) is -0.926. The molecule has 7 heteroatoms. The topological polar surface area (TPSA) is 110 Å². The molecule has 3 N–H and O–H groups in total. The van der Waals surface area contributed by atoms with E-state index < -0.39 is 35.5 Å². The predicted octanol–water partition coefficient (Wildman–Crippen LogP) is 0.572. The van der Waals surface area contributed by atoms with Crippen molar-refractivity contribution in [1.82, 2.24) is 4.90 Å². The van der Waals surface area contributed by atoms with Crippen molar-refractivity contribution in [2.45, 2.75) is 45.3 Å². The van der Waals surface area contributed by atoms with Crippen molar-refractivity contribution in [1.29, 1.82) is 0 Å². The molecule has 1 rings (SSSR count). The largest absolute Gasteiger partial charge is 0.481 e. The molecule has 7 nitrogen and oxygen atoms in total. The highest BCUT2D eigenvalue weighted by atomic mass is 16.6. The molecule has 108 valence electrons. The lowest BCUT2D eigenvalue weighted by Gasteiger charge is -2.37. The van der Waals surface area contributed by atoms with E-state index in [1.807, 2.05) is 0 Å². The van der Waals surface area contributed by atoms with Crippen LogP contribution >= 0.6 is 0 Å². The number of likely N-dealkylation sites (tertiary alicyclic amines) is 1. The first-order chi connectivity index (χ1) is 8.61. The van der Waals surface area contributed by atoms with Gasteiger partial charge in [0, 0.05) is 6.54 Å². The number of carboxylic acids is 1. The van der Waals surface area contributed by atoms with E-state index in [0.717, 1.165) is 0 Å². The van der Waals surface area contributed by atoms with Gasteiger partial charge in [-0.1, -0.05) is 0 Å². The molecule has 2 amide bonds. The molecule has 0 saturated carbocycles. The summed E-state index contributed by atoms with van der Waals surface area (Å²) in [5, 5.41) is 8.96. The zero-order valence-corrected chi connectivity index (χ0v) is 11.4. The predicted molar refractivity (Wildman–Crippen MR) is 66.3 cm³/mol. The van der Waals surface area contributed by atoms with Crippen molar-refractivity contribution in [2.75, 3.05) is 6.54 Å². The third-order valence-electron chi connectivity index (χ3n) is 2.91. The number of carbonyl (C=O) groups excluding carboxylic acids is 2. The molecule has 2 atom stereocenters. The van der Waals surface area contributed by atoms with E-state index >= 15 is 0 Å². The molecular weight excluding hydrogens is 252 g/mol. The number of amides is 2. The molecule has 1 aliphatic heterocycles. The van der Waals surface area contributed by atoms with E-state index in [4.69, 9.17) is 15.6 Å². The number of aliphatic carboxylic acids is 1. The number of rotatable bonds is 2. The van der Waals surface area contributed by atoms with Gasteiger partial charge in [0.05, 0.1) is 5.92 Å². The third kappa shape index (κ3) is 4.11. The fourth-order valence-corrected chi connectivity index (χ4v) is 2.00. The Balaban J connectivity index is 2.80. The first-order valence-corrected chi connectivity index (χ1v) is 6.13. The number of carbonyl (C=O) groups is 3. The summed E-state index contributed by atoms with van der Waals surface area (Å²) in [7, 11) is 0. The summed E-state index contributed by atoms with van der Waals surface area (Å²) in [5.74, 6) is -2.34. The lowest BCUT2D eigenvalue weighted by Crippen LogP contribution is -2.54. The first-order valence-electron chi connectivity index (χ1n) is 6.13. The molecule has 0 aromatic rings. The SMILES string of the molecule is CC(C)(C)OC(=O)N1CC[C@H](C(=O)O)C[C@@H]1C(N)=O. The van der Waals surface area contributed by atoms with Crippen LogP contribution in [-0.2, 0) is 14.3 Å². The quantitative estimate of drug-likeness (QED) is 0.763. The van der Waals surface area contributed by atoms with E-state index in [1.54, 1.807) is 20.8 Å². The van der Waals surface area contributed by atoms with Gasteiger partial charge in [0.2, 0.25) is 5.91 Å². The maximum Gasteiger partial charge on any atom is 0.410 e. The molecule has 0 spiro atoms. The molecule has 0 bridgehead atoms. The van der Waals surface area contributed by atoms with Gasteiger partial charge in [-0.05, 0) is 33.6 Å². The van der Waals surface area contributed by atoms with E-state index in [2.05, 4.69) is 0 Å². The standard InChI is InChI=1S/C12H20N2O5/c1-12(2,3)19-11(18)14-5-4-7(10(16)17)6-8(14)9(13)15/h7-8H,4-6H2,1-3H3,(H2,13,15)(H,16,17)/t7-,8+/m0/s1. The van der Waals surface area contributed by atoms with Gasteiger partial charge in [-0.3, -0.25) is 14.5 Å². The summed E-state index contributed by atoms with van der Waals surface area (Å²) in [5.41, 5.74) is 4.56. The average Bonchev–Trinajstić information content (AvgIpc) is 2.25. The fourth-order valence-electron chi connectivity index (χ4n) is 2.00. The highest BCUT2D eigenvalue weighted by Crippen LogP contribution is 2.25. The van der Waals surface area contributed by atoms with Crippen LogP contribution in [0.4, 0.5) is 4.79 Å². The van der Waals surface area contributed by atoms with Crippen LogP contribution in [-0.4, -0.2) is 46.2 Å². The average molecular weight is 272 g/mol. The van der Waals surface area contributed by atoms with Gasteiger partial charge in [0.25, 0.3) is 0 Å². The second kappa shape index (κ2) is 5.46. The molecule has 0 aromatic heterocycles. The minimum Gasteiger partial charge on any atom is -0.481 e. The third-order valence-corrected chi connectivity index (χ3v) is 2.91. The molecular formula is C12H20N2O5. The molecule has 0 aromatic carbocycles. The van der Waals surface area contributed by atoms with Crippen molar-refractivity contribution in [3.05, 3.63) is 0 Å². The van der Waals surface area contributed by atoms with Gasteiger partial charge in [-0.2, -0.15) is 0 Å². The summed E-state index contributed by atoms with van der Waals surface area (Å²) in [4.78, 5) is 35.5. The van der Waals surface area contributed by atoms with Crippen molar-refractivity contribution in [2.24, 2.45) is 11.7 Å². The van der Waals surface area contributed by atoms with Crippen LogP contribution in [0.15, 0.2) is 0 Å². The second-order valence-corrected chi connectivity index (χ2v) is 5.65. The normalized spacial score (nSPS) is 23.8. The van der Waals surface area contributed by atoms with Crippen LogP contribution in [0.3, 0.4) is 0 Å². The molecule has 1 heterocycles. The maximum atomic E-state index is 12.0. The summed E-state index contributed by atoms with van der Waals surface area (Å²) < 4.78 is 5.19. The zero-order chi connectivity index (χ0) is 14.8. The van der Waals surface area contributed by atoms with E-state index in [0.29, 0.717) is 6.42 Å². The Hall–Kier alpha value is -1.79. The van der Waals surface area contributed by atoms with Gasteiger partial charge in [-0.25, -0.2) is 4.79 Å². The van der Waals surface area contributed by atoms with Crippen molar-refractivity contribution >= 4 is 18.0 Å². The molecule has 0 aliphatic carbocycles. The molecule has 0 radical (unpaired) electrons. The molecule has 1 fully saturated rings. The minimum atomic E-state index is -0.977. The second-order valence-electron chi connectivity index (χ2n) is 5.65. The summed E-state index contributed by atoms with van der Waals surface area (Å²) in [6.45, 7) is 5.30. The Bertz CT molecular complexity index is 388. The van der Waals surface area contributed by atoms with Crippen LogP contribution in [0.25, 0.3) is 0 Å². The number of hydrogen-bond acceptors (Lipinski definition) is 4. The van der Waals surface area contributed by atoms with Crippen molar-refractivity contribution < 1.29 is 24.2 Å². The Kier molecular flexibility index (Phi) is 4.39. The van der Waals surface area contributed by atoms with Gasteiger partial charge < -0.3 is 15.6 Å². The highest BCUT2D eigenvalue weighted by Gasteiger charge is 2.39. The van der Waals surface area contributed by atoms with Gasteiger partial charge in [0.1, 0.15) is 11.6 Å². The Labute approximate surface area is 111 Å². The number of primary amides is 1. The monoisotopic (exact) mass is 272 g/mol. The molecule has 1 saturated heterocycles. The number of hydrogen-bond donors (Lipinski definition) is 2. The van der Waals surface area contributed by atoms with E-state index in [1.165, 1.54) is 4.90 Å². The lowest BCUT2D eigenvalue weighted by atomic mass is 9.91. The minimum absolute atomic E-state index is 0.0317. The fraction of sp³-hybridized carbons (Fsp3) is 0.750. The van der Waals surface area contributed by atoms with Crippen LogP contribution in [0.2, 0.25) is 0 Å². The summed E-state index contributed by atoms with van der Waals surface area (Å²) in [6.07, 6.45) is -0.317. The zero-order valence-electron chi connectivity index (χ0n) is 11.4. The summed E-state index contributed by atoms with van der Waals surface area (Å²) >= 11 is 0. The Morgan fingerprint density at radius 2 is 1.89 bits per heavy atom.